The molecule has 0 radical (unpaired) electrons. The van der Waals surface area contributed by atoms with Crippen LogP contribution in [0.4, 0.5) is 11.4 Å². The maximum absolute atomic E-state index is 5.83. The van der Waals surface area contributed by atoms with Gasteiger partial charge in [0.25, 0.3) is 0 Å². The van der Waals surface area contributed by atoms with Gasteiger partial charge < -0.3 is 15.4 Å². The molecule has 0 aliphatic carbocycles. The summed E-state index contributed by atoms with van der Waals surface area (Å²) in [4.78, 5) is 2.36. The number of ether oxygens (including phenoxy) is 1. The summed E-state index contributed by atoms with van der Waals surface area (Å²) in [6.45, 7) is 2.19. The third kappa shape index (κ3) is 2.50. The highest BCUT2D eigenvalue weighted by molar-refractivity contribution is 7.99. The van der Waals surface area contributed by atoms with Crippen molar-refractivity contribution in [1.29, 1.82) is 0 Å². The number of hydrogen-bond donors (Lipinski definition) is 1. The lowest BCUT2D eigenvalue weighted by molar-refractivity contribution is 0.415. The molecule has 0 aromatic heterocycles. The Morgan fingerprint density at radius 3 is 2.67 bits per heavy atom. The van der Waals surface area contributed by atoms with Crippen molar-refractivity contribution in [2.75, 3.05) is 42.3 Å². The Balaban J connectivity index is 2.22. The Morgan fingerprint density at radius 1 is 1.27 bits per heavy atom. The highest BCUT2D eigenvalue weighted by atomic mass is 32.2. The van der Waals surface area contributed by atoms with E-state index in [0.29, 0.717) is 0 Å². The van der Waals surface area contributed by atoms with Crippen molar-refractivity contribution < 1.29 is 4.74 Å². The molecule has 1 aliphatic heterocycles. The third-order valence-electron chi connectivity index (χ3n) is 2.53. The molecule has 2 N–H and O–H groups in total. The molecule has 15 heavy (non-hydrogen) atoms. The molecule has 0 bridgehead atoms. The zero-order valence-corrected chi connectivity index (χ0v) is 9.72. The first-order valence-corrected chi connectivity index (χ1v) is 6.22. The van der Waals surface area contributed by atoms with Crippen LogP contribution in [0, 0.1) is 0 Å². The quantitative estimate of drug-likeness (QED) is 0.778. The molecule has 4 heteroatoms. The van der Waals surface area contributed by atoms with Crippen molar-refractivity contribution in [2.24, 2.45) is 0 Å². The molecule has 0 saturated carbocycles. The van der Waals surface area contributed by atoms with Crippen LogP contribution >= 0.6 is 11.8 Å². The van der Waals surface area contributed by atoms with Crippen LogP contribution in [0.2, 0.25) is 0 Å². The molecule has 1 aliphatic rings. The molecule has 2 rings (SSSR count). The van der Waals surface area contributed by atoms with Gasteiger partial charge in [0.05, 0.1) is 7.11 Å². The number of rotatable bonds is 2. The van der Waals surface area contributed by atoms with E-state index in [4.69, 9.17) is 10.5 Å². The number of nitrogen functional groups attached to an aromatic ring is 1. The predicted molar refractivity (Wildman–Crippen MR) is 66.9 cm³/mol. The lowest BCUT2D eigenvalue weighted by atomic mass is 10.2. The van der Waals surface area contributed by atoms with Crippen LogP contribution in [0.15, 0.2) is 18.2 Å². The van der Waals surface area contributed by atoms with Crippen molar-refractivity contribution in [3.63, 3.8) is 0 Å². The monoisotopic (exact) mass is 224 g/mol. The van der Waals surface area contributed by atoms with Gasteiger partial charge in [-0.2, -0.15) is 11.8 Å². The summed E-state index contributed by atoms with van der Waals surface area (Å²) < 4.78 is 5.21. The summed E-state index contributed by atoms with van der Waals surface area (Å²) in [5.41, 5.74) is 7.77. The minimum Gasteiger partial charge on any atom is -0.497 e. The second-order valence-electron chi connectivity index (χ2n) is 3.56. The first-order valence-electron chi connectivity index (χ1n) is 5.07. The van der Waals surface area contributed by atoms with Gasteiger partial charge in [-0.1, -0.05) is 0 Å². The summed E-state index contributed by atoms with van der Waals surface area (Å²) in [7, 11) is 1.67. The van der Waals surface area contributed by atoms with Crippen molar-refractivity contribution >= 4 is 23.1 Å². The van der Waals surface area contributed by atoms with Gasteiger partial charge >= 0.3 is 0 Å². The Labute approximate surface area is 94.6 Å². The average Bonchev–Trinajstić information content (AvgIpc) is 2.29. The molecule has 0 amide bonds. The molecule has 3 nitrogen and oxygen atoms in total. The van der Waals surface area contributed by atoms with Crippen molar-refractivity contribution in [3.05, 3.63) is 18.2 Å². The second kappa shape index (κ2) is 4.66. The SMILES string of the molecule is COc1cc(N)cc(N2CCSCC2)c1. The van der Waals surface area contributed by atoms with Crippen LogP contribution < -0.4 is 15.4 Å². The fourth-order valence-corrected chi connectivity index (χ4v) is 2.63. The van der Waals surface area contributed by atoms with E-state index in [9.17, 15) is 0 Å². The summed E-state index contributed by atoms with van der Waals surface area (Å²) in [6, 6.07) is 5.91. The number of nitrogens with zero attached hydrogens (tertiary/aromatic N) is 1. The molecule has 0 spiro atoms. The van der Waals surface area contributed by atoms with Gasteiger partial charge in [-0.3, -0.25) is 0 Å². The molecule has 82 valence electrons. The number of hydrogen-bond acceptors (Lipinski definition) is 4. The van der Waals surface area contributed by atoms with Gasteiger partial charge in [-0.25, -0.2) is 0 Å². The largest absolute Gasteiger partial charge is 0.497 e. The number of anilines is 2. The first-order chi connectivity index (χ1) is 7.29. The number of benzene rings is 1. The van der Waals surface area contributed by atoms with Crippen molar-refractivity contribution in [3.8, 4) is 5.75 Å². The highest BCUT2D eigenvalue weighted by Gasteiger charge is 2.12. The van der Waals surface area contributed by atoms with E-state index in [0.717, 1.165) is 24.5 Å². The van der Waals surface area contributed by atoms with E-state index in [1.807, 2.05) is 30.0 Å². The highest BCUT2D eigenvalue weighted by Crippen LogP contribution is 2.27. The molecule has 0 unspecified atom stereocenters. The Kier molecular flexibility index (Phi) is 3.26. The van der Waals surface area contributed by atoms with E-state index >= 15 is 0 Å². The molecule has 1 fully saturated rings. The minimum absolute atomic E-state index is 0.766. The van der Waals surface area contributed by atoms with Crippen LogP contribution in [0.5, 0.6) is 5.75 Å². The lowest BCUT2D eigenvalue weighted by Crippen LogP contribution is -2.32. The van der Waals surface area contributed by atoms with Crippen LogP contribution in [0.25, 0.3) is 0 Å². The van der Waals surface area contributed by atoms with Gasteiger partial charge in [0.2, 0.25) is 0 Å². The van der Waals surface area contributed by atoms with Crippen LogP contribution in [0.1, 0.15) is 0 Å². The van der Waals surface area contributed by atoms with E-state index in [-0.39, 0.29) is 0 Å². The first kappa shape index (κ1) is 10.5. The molecule has 1 aromatic carbocycles. The van der Waals surface area contributed by atoms with Gasteiger partial charge in [0.15, 0.2) is 0 Å². The lowest BCUT2D eigenvalue weighted by Gasteiger charge is -2.28. The standard InChI is InChI=1S/C11H16N2OS/c1-14-11-7-9(12)6-10(8-11)13-2-4-15-5-3-13/h6-8H,2-5,12H2,1H3. The molecule has 1 aromatic rings. The fraction of sp³-hybridized carbons (Fsp3) is 0.455. The average molecular weight is 224 g/mol. The minimum atomic E-state index is 0.766. The van der Waals surface area contributed by atoms with E-state index < -0.39 is 0 Å². The van der Waals surface area contributed by atoms with Crippen LogP contribution in [0.3, 0.4) is 0 Å². The number of methoxy groups -OCH3 is 1. The summed E-state index contributed by atoms with van der Waals surface area (Å²) in [6.07, 6.45) is 0. The summed E-state index contributed by atoms with van der Waals surface area (Å²) >= 11 is 2.00. The Bertz CT molecular complexity index is 337. The van der Waals surface area contributed by atoms with Crippen LogP contribution in [-0.4, -0.2) is 31.7 Å². The van der Waals surface area contributed by atoms with Crippen LogP contribution in [-0.2, 0) is 0 Å². The molecule has 1 heterocycles. The molecule has 0 atom stereocenters. The number of nitrogens with two attached hydrogens (primary N) is 1. The number of thioether (sulfide) groups is 1. The smallest absolute Gasteiger partial charge is 0.122 e. The van der Waals surface area contributed by atoms with Gasteiger partial charge in [0.1, 0.15) is 5.75 Å². The van der Waals surface area contributed by atoms with Gasteiger partial charge in [-0.15, -0.1) is 0 Å². The van der Waals surface area contributed by atoms with Gasteiger partial charge in [0, 0.05) is 48.1 Å². The van der Waals surface area contributed by atoms with Crippen molar-refractivity contribution in [1.82, 2.24) is 0 Å². The topological polar surface area (TPSA) is 38.5 Å². The van der Waals surface area contributed by atoms with E-state index in [1.54, 1.807) is 7.11 Å². The van der Waals surface area contributed by atoms with Crippen molar-refractivity contribution in [2.45, 2.75) is 0 Å². The maximum atomic E-state index is 5.83. The summed E-state index contributed by atoms with van der Waals surface area (Å²) in [5, 5.41) is 0. The Hall–Kier alpha value is -1.03. The maximum Gasteiger partial charge on any atom is 0.122 e. The van der Waals surface area contributed by atoms with E-state index in [2.05, 4.69) is 4.90 Å². The third-order valence-corrected chi connectivity index (χ3v) is 3.47. The normalized spacial score (nSPS) is 16.5. The zero-order valence-electron chi connectivity index (χ0n) is 8.90. The predicted octanol–water partition coefficient (Wildman–Crippen LogP) is 1.83. The van der Waals surface area contributed by atoms with E-state index in [1.165, 1.54) is 17.2 Å². The molecule has 1 saturated heterocycles. The molecular weight excluding hydrogens is 208 g/mol. The zero-order chi connectivity index (χ0) is 10.7. The second-order valence-corrected chi connectivity index (χ2v) is 4.79. The summed E-state index contributed by atoms with van der Waals surface area (Å²) in [5.74, 6) is 3.22. The Morgan fingerprint density at radius 2 is 2.00 bits per heavy atom. The molecular formula is C11H16N2OS. The fourth-order valence-electron chi connectivity index (χ4n) is 1.73. The van der Waals surface area contributed by atoms with Gasteiger partial charge in [-0.05, 0) is 6.07 Å².